The molecule has 0 saturated heterocycles. The Balaban J connectivity index is 1.95. The average molecular weight is 409 g/mol. The summed E-state index contributed by atoms with van der Waals surface area (Å²) in [5, 5.41) is 13.9. The monoisotopic (exact) mass is 409 g/mol. The fourth-order valence-corrected chi connectivity index (χ4v) is 3.30. The summed E-state index contributed by atoms with van der Waals surface area (Å²) in [4.78, 5) is 37.9. The molecule has 2 amide bonds. The van der Waals surface area contributed by atoms with E-state index in [0.717, 1.165) is 0 Å². The van der Waals surface area contributed by atoms with E-state index in [2.05, 4.69) is 11.9 Å². The molecule has 0 aliphatic carbocycles. The minimum absolute atomic E-state index is 0.112. The van der Waals surface area contributed by atoms with Crippen molar-refractivity contribution in [2.24, 2.45) is 5.41 Å². The van der Waals surface area contributed by atoms with Crippen molar-refractivity contribution >= 4 is 28.9 Å². The Morgan fingerprint density at radius 2 is 2.10 bits per heavy atom. The van der Waals surface area contributed by atoms with Crippen molar-refractivity contribution in [3.63, 3.8) is 0 Å². The predicted octanol–water partition coefficient (Wildman–Crippen LogP) is 4.09. The first-order valence-corrected chi connectivity index (χ1v) is 9.41. The van der Waals surface area contributed by atoms with Crippen molar-refractivity contribution in [3.05, 3.63) is 70.3 Å². The summed E-state index contributed by atoms with van der Waals surface area (Å²) in [5.74, 6) is -0.0629. The average Bonchev–Trinajstić information content (AvgIpc) is 2.78. The maximum Gasteiger partial charge on any atom is 0.273 e. The summed E-state index contributed by atoms with van der Waals surface area (Å²) in [6, 6.07) is 9.36. The van der Waals surface area contributed by atoms with Gasteiger partial charge in [-0.15, -0.1) is 6.58 Å². The predicted molar refractivity (Wildman–Crippen MR) is 114 cm³/mol. The lowest BCUT2D eigenvalue weighted by Gasteiger charge is -2.27. The van der Waals surface area contributed by atoms with Gasteiger partial charge in [-0.1, -0.05) is 12.1 Å². The number of nitro benzene ring substituents is 1. The molecule has 8 heteroatoms. The molecule has 156 valence electrons. The van der Waals surface area contributed by atoms with Crippen molar-refractivity contribution in [1.82, 2.24) is 0 Å². The third kappa shape index (κ3) is 3.89. The topological polar surface area (TPSA) is 102 Å². The second-order valence-corrected chi connectivity index (χ2v) is 7.72. The first-order chi connectivity index (χ1) is 14.2. The number of rotatable bonds is 5. The number of anilines is 2. The van der Waals surface area contributed by atoms with Crippen LogP contribution in [0.2, 0.25) is 0 Å². The number of benzene rings is 2. The quantitative estimate of drug-likeness (QED) is 0.455. The first kappa shape index (κ1) is 21.0. The first-order valence-electron chi connectivity index (χ1n) is 9.41. The van der Waals surface area contributed by atoms with Crippen LogP contribution < -0.4 is 15.0 Å². The molecule has 0 aromatic heterocycles. The second kappa shape index (κ2) is 7.98. The van der Waals surface area contributed by atoms with E-state index < -0.39 is 16.2 Å². The number of nitro groups is 1. The van der Waals surface area contributed by atoms with Crippen LogP contribution in [-0.2, 0) is 4.79 Å². The lowest BCUT2D eigenvalue weighted by molar-refractivity contribution is -0.385. The Hall–Kier alpha value is -3.68. The maximum absolute atomic E-state index is 13.0. The Bertz CT molecular complexity index is 1050. The number of fused-ring (bicyclic) bond motifs is 1. The van der Waals surface area contributed by atoms with Crippen LogP contribution >= 0.6 is 0 Å². The molecule has 0 radical (unpaired) electrons. The number of amides is 2. The SMILES string of the molecule is C=CCN1C(=O)C(C)(C)COc2ccc(NC(=O)c3cccc([N+](=O)[O-])c3C)cc21. The molecule has 1 N–H and O–H groups in total. The number of ether oxygens (including phenoxy) is 1. The highest BCUT2D eigenvalue weighted by molar-refractivity contribution is 6.07. The number of nitrogens with one attached hydrogen (secondary N) is 1. The highest BCUT2D eigenvalue weighted by Gasteiger charge is 2.37. The van der Waals surface area contributed by atoms with Gasteiger partial charge in [-0.3, -0.25) is 19.7 Å². The highest BCUT2D eigenvalue weighted by Crippen LogP contribution is 2.38. The van der Waals surface area contributed by atoms with E-state index in [4.69, 9.17) is 4.74 Å². The Labute approximate surface area is 174 Å². The zero-order valence-electron chi connectivity index (χ0n) is 17.1. The Morgan fingerprint density at radius 3 is 2.77 bits per heavy atom. The van der Waals surface area contributed by atoms with Gasteiger partial charge in [-0.2, -0.15) is 0 Å². The zero-order valence-corrected chi connectivity index (χ0v) is 17.1. The van der Waals surface area contributed by atoms with E-state index in [0.29, 0.717) is 23.7 Å². The lowest BCUT2D eigenvalue weighted by Crippen LogP contribution is -2.42. The van der Waals surface area contributed by atoms with Crippen molar-refractivity contribution in [3.8, 4) is 5.75 Å². The third-order valence-electron chi connectivity index (χ3n) is 4.98. The summed E-state index contributed by atoms with van der Waals surface area (Å²) in [6.45, 7) is 9.40. The molecule has 0 fully saturated rings. The molecular formula is C22H23N3O5. The molecule has 2 aromatic carbocycles. The van der Waals surface area contributed by atoms with Gasteiger partial charge in [0.15, 0.2) is 0 Å². The molecular weight excluding hydrogens is 386 g/mol. The molecule has 0 bridgehead atoms. The van der Waals surface area contributed by atoms with Crippen LogP contribution in [0.4, 0.5) is 17.1 Å². The van der Waals surface area contributed by atoms with Crippen LogP contribution in [0.25, 0.3) is 0 Å². The van der Waals surface area contributed by atoms with Gasteiger partial charge in [0.1, 0.15) is 12.4 Å². The highest BCUT2D eigenvalue weighted by atomic mass is 16.6. The van der Waals surface area contributed by atoms with Gasteiger partial charge in [0.2, 0.25) is 5.91 Å². The van der Waals surface area contributed by atoms with Gasteiger partial charge in [-0.05, 0) is 45.0 Å². The van der Waals surface area contributed by atoms with Gasteiger partial charge in [-0.25, -0.2) is 0 Å². The molecule has 0 atom stereocenters. The smallest absolute Gasteiger partial charge is 0.273 e. The minimum Gasteiger partial charge on any atom is -0.490 e. The number of carbonyl (C=O) groups is 2. The van der Waals surface area contributed by atoms with Crippen LogP contribution in [0.5, 0.6) is 5.75 Å². The van der Waals surface area contributed by atoms with Crippen molar-refractivity contribution in [2.75, 3.05) is 23.4 Å². The molecule has 8 nitrogen and oxygen atoms in total. The van der Waals surface area contributed by atoms with Gasteiger partial charge in [0.25, 0.3) is 11.6 Å². The zero-order chi connectivity index (χ0) is 22.1. The fourth-order valence-electron chi connectivity index (χ4n) is 3.30. The molecule has 3 rings (SSSR count). The van der Waals surface area contributed by atoms with Crippen LogP contribution in [0, 0.1) is 22.5 Å². The Kier molecular flexibility index (Phi) is 5.60. The van der Waals surface area contributed by atoms with E-state index in [-0.39, 0.29) is 29.3 Å². The van der Waals surface area contributed by atoms with Crippen LogP contribution in [0.3, 0.4) is 0 Å². The van der Waals surface area contributed by atoms with E-state index >= 15 is 0 Å². The van der Waals surface area contributed by atoms with Crippen molar-refractivity contribution in [2.45, 2.75) is 20.8 Å². The molecule has 1 aliphatic rings. The van der Waals surface area contributed by atoms with Crippen molar-refractivity contribution < 1.29 is 19.2 Å². The van der Waals surface area contributed by atoms with Crippen LogP contribution in [0.1, 0.15) is 29.8 Å². The number of hydrogen-bond acceptors (Lipinski definition) is 5. The normalized spacial score (nSPS) is 14.9. The lowest BCUT2D eigenvalue weighted by atomic mass is 9.93. The number of nitrogens with zero attached hydrogens (tertiary/aromatic N) is 2. The number of carbonyl (C=O) groups excluding carboxylic acids is 2. The van der Waals surface area contributed by atoms with E-state index in [9.17, 15) is 19.7 Å². The summed E-state index contributed by atoms with van der Waals surface area (Å²) in [5.41, 5.74) is 0.613. The van der Waals surface area contributed by atoms with Gasteiger partial charge in [0.05, 0.1) is 16.0 Å². The molecule has 1 heterocycles. The third-order valence-corrected chi connectivity index (χ3v) is 4.98. The van der Waals surface area contributed by atoms with E-state index in [1.54, 1.807) is 29.2 Å². The van der Waals surface area contributed by atoms with Crippen LogP contribution in [-0.4, -0.2) is 29.9 Å². The summed E-state index contributed by atoms with van der Waals surface area (Å²) in [6.07, 6.45) is 1.63. The standard InChI is InChI=1S/C22H23N3O5/c1-5-11-24-18-12-15(9-10-19(18)30-13-22(3,4)21(24)27)23-20(26)16-7-6-8-17(14(16)2)25(28)29/h5-10,12H,1,11,13H2,2-4H3,(H,23,26). The molecule has 0 saturated carbocycles. The van der Waals surface area contributed by atoms with E-state index in [1.807, 2.05) is 13.8 Å². The summed E-state index contributed by atoms with van der Waals surface area (Å²) in [7, 11) is 0. The van der Waals surface area contributed by atoms with E-state index in [1.165, 1.54) is 25.1 Å². The van der Waals surface area contributed by atoms with Gasteiger partial charge in [0, 0.05) is 29.4 Å². The molecule has 0 unspecified atom stereocenters. The summed E-state index contributed by atoms with van der Waals surface area (Å²) >= 11 is 0. The Morgan fingerprint density at radius 1 is 1.37 bits per heavy atom. The van der Waals surface area contributed by atoms with Crippen molar-refractivity contribution in [1.29, 1.82) is 0 Å². The van der Waals surface area contributed by atoms with Gasteiger partial charge >= 0.3 is 0 Å². The maximum atomic E-state index is 13.0. The largest absolute Gasteiger partial charge is 0.490 e. The molecule has 30 heavy (non-hydrogen) atoms. The number of hydrogen-bond donors (Lipinski definition) is 1. The molecule has 2 aromatic rings. The fraction of sp³-hybridized carbons (Fsp3) is 0.273. The minimum atomic E-state index is -0.717. The molecule has 1 aliphatic heterocycles. The van der Waals surface area contributed by atoms with Gasteiger partial charge < -0.3 is 15.0 Å². The summed E-state index contributed by atoms with van der Waals surface area (Å²) < 4.78 is 5.83. The second-order valence-electron chi connectivity index (χ2n) is 7.72. The van der Waals surface area contributed by atoms with Crippen LogP contribution in [0.15, 0.2) is 49.1 Å². The molecule has 0 spiro atoms.